The molecule has 0 spiro atoms. The molecule has 0 fully saturated rings. The van der Waals surface area contributed by atoms with E-state index in [1.54, 1.807) is 12.1 Å². The zero-order valence-corrected chi connectivity index (χ0v) is 12.4. The standard InChI is InChI=1S/C18H16ClFO/c19-18-15(6-3-7-16(18)20)11-17(21)14-9-8-12-4-1-2-5-13(12)10-14/h1-7,14H,8-11H2. The van der Waals surface area contributed by atoms with Gasteiger partial charge in [-0.05, 0) is 42.0 Å². The Morgan fingerprint density at radius 2 is 1.90 bits per heavy atom. The van der Waals surface area contributed by atoms with Crippen molar-refractivity contribution in [2.75, 3.05) is 0 Å². The average molecular weight is 303 g/mol. The second-order valence-corrected chi connectivity index (χ2v) is 5.94. The lowest BCUT2D eigenvalue weighted by Gasteiger charge is -2.23. The predicted octanol–water partition coefficient (Wildman–Crippen LogP) is 4.40. The normalized spacial score (nSPS) is 17.3. The summed E-state index contributed by atoms with van der Waals surface area (Å²) in [5, 5.41) is 0.0714. The Hall–Kier alpha value is -1.67. The van der Waals surface area contributed by atoms with E-state index in [0.717, 1.165) is 19.3 Å². The molecule has 1 aliphatic carbocycles. The minimum atomic E-state index is -0.462. The fraction of sp³-hybridized carbons (Fsp3) is 0.278. The fourth-order valence-electron chi connectivity index (χ4n) is 2.99. The summed E-state index contributed by atoms with van der Waals surface area (Å²) in [6.07, 6.45) is 2.79. The maximum absolute atomic E-state index is 13.4. The molecule has 0 aliphatic heterocycles. The van der Waals surface area contributed by atoms with Crippen molar-refractivity contribution in [2.24, 2.45) is 5.92 Å². The minimum Gasteiger partial charge on any atom is -0.299 e. The van der Waals surface area contributed by atoms with Gasteiger partial charge >= 0.3 is 0 Å². The van der Waals surface area contributed by atoms with Crippen LogP contribution in [-0.2, 0) is 24.1 Å². The fourth-order valence-corrected chi connectivity index (χ4v) is 3.18. The molecule has 0 heterocycles. The number of hydrogen-bond acceptors (Lipinski definition) is 1. The lowest BCUT2D eigenvalue weighted by molar-refractivity contribution is -0.122. The van der Waals surface area contributed by atoms with Crippen molar-refractivity contribution in [3.8, 4) is 0 Å². The minimum absolute atomic E-state index is 0.0132. The summed E-state index contributed by atoms with van der Waals surface area (Å²) in [7, 11) is 0. The van der Waals surface area contributed by atoms with Gasteiger partial charge in [-0.2, -0.15) is 0 Å². The quantitative estimate of drug-likeness (QED) is 0.821. The maximum Gasteiger partial charge on any atom is 0.142 e. The summed E-state index contributed by atoms with van der Waals surface area (Å²) < 4.78 is 13.4. The van der Waals surface area contributed by atoms with Gasteiger partial charge in [-0.3, -0.25) is 4.79 Å². The van der Waals surface area contributed by atoms with Gasteiger partial charge in [0.05, 0.1) is 5.02 Å². The van der Waals surface area contributed by atoms with Crippen molar-refractivity contribution in [2.45, 2.75) is 25.7 Å². The molecule has 0 saturated heterocycles. The topological polar surface area (TPSA) is 17.1 Å². The van der Waals surface area contributed by atoms with Gasteiger partial charge in [-0.25, -0.2) is 4.39 Å². The Kier molecular flexibility index (Phi) is 4.07. The van der Waals surface area contributed by atoms with Crippen LogP contribution in [-0.4, -0.2) is 5.78 Å². The number of ketones is 1. The third kappa shape index (κ3) is 3.01. The molecule has 3 rings (SSSR count). The van der Waals surface area contributed by atoms with Gasteiger partial charge in [0.15, 0.2) is 0 Å². The molecular weight excluding hydrogens is 287 g/mol. The van der Waals surface area contributed by atoms with Crippen LogP contribution < -0.4 is 0 Å². The second-order valence-electron chi connectivity index (χ2n) is 5.56. The first-order chi connectivity index (χ1) is 10.1. The van der Waals surface area contributed by atoms with E-state index in [1.165, 1.54) is 17.2 Å². The Morgan fingerprint density at radius 3 is 2.71 bits per heavy atom. The number of rotatable bonds is 3. The van der Waals surface area contributed by atoms with E-state index in [1.807, 2.05) is 12.1 Å². The van der Waals surface area contributed by atoms with Crippen LogP contribution in [0.1, 0.15) is 23.1 Å². The Balaban J connectivity index is 1.74. The molecule has 2 aromatic rings. The SMILES string of the molecule is O=C(Cc1cccc(F)c1Cl)C1CCc2ccccc2C1. The van der Waals surface area contributed by atoms with Crippen LogP contribution >= 0.6 is 11.6 Å². The van der Waals surface area contributed by atoms with Crippen molar-refractivity contribution in [1.29, 1.82) is 0 Å². The van der Waals surface area contributed by atoms with E-state index >= 15 is 0 Å². The molecule has 0 aromatic heterocycles. The summed E-state index contributed by atoms with van der Waals surface area (Å²) in [6, 6.07) is 12.9. The largest absolute Gasteiger partial charge is 0.299 e. The molecule has 1 unspecified atom stereocenters. The molecular formula is C18H16ClFO. The number of halogens is 2. The van der Waals surface area contributed by atoms with Gasteiger partial charge in [0.1, 0.15) is 11.6 Å². The Morgan fingerprint density at radius 1 is 1.14 bits per heavy atom. The van der Waals surface area contributed by atoms with Crippen LogP contribution in [0.4, 0.5) is 4.39 Å². The first-order valence-corrected chi connectivity index (χ1v) is 7.55. The highest BCUT2D eigenvalue weighted by molar-refractivity contribution is 6.31. The van der Waals surface area contributed by atoms with Gasteiger partial charge in [-0.15, -0.1) is 0 Å². The highest BCUT2D eigenvalue weighted by Crippen LogP contribution is 2.28. The molecule has 1 nitrogen and oxygen atoms in total. The molecule has 0 radical (unpaired) electrons. The molecule has 108 valence electrons. The molecule has 2 aromatic carbocycles. The third-order valence-electron chi connectivity index (χ3n) is 4.20. The van der Waals surface area contributed by atoms with Crippen molar-refractivity contribution >= 4 is 17.4 Å². The number of carbonyl (C=O) groups excluding carboxylic acids is 1. The summed E-state index contributed by atoms with van der Waals surface area (Å²) in [5.41, 5.74) is 3.18. The highest BCUT2D eigenvalue weighted by atomic mass is 35.5. The summed E-state index contributed by atoms with van der Waals surface area (Å²) in [5.74, 6) is -0.299. The third-order valence-corrected chi connectivity index (χ3v) is 4.62. The van der Waals surface area contributed by atoms with Crippen LogP contribution in [0.5, 0.6) is 0 Å². The number of Topliss-reactive ketones (excluding diaryl/α,β-unsaturated/α-hetero) is 1. The number of hydrogen-bond donors (Lipinski definition) is 0. The molecule has 0 saturated carbocycles. The van der Waals surface area contributed by atoms with Gasteiger partial charge in [0, 0.05) is 12.3 Å². The molecule has 21 heavy (non-hydrogen) atoms. The van der Waals surface area contributed by atoms with E-state index in [2.05, 4.69) is 12.1 Å². The summed E-state index contributed by atoms with van der Waals surface area (Å²) >= 11 is 5.93. The van der Waals surface area contributed by atoms with Crippen LogP contribution in [0.2, 0.25) is 5.02 Å². The summed E-state index contributed by atoms with van der Waals surface area (Å²) in [6.45, 7) is 0. The van der Waals surface area contributed by atoms with E-state index in [-0.39, 0.29) is 23.1 Å². The molecule has 1 aliphatic rings. The van der Waals surface area contributed by atoms with Crippen LogP contribution in [0.25, 0.3) is 0 Å². The van der Waals surface area contributed by atoms with Crippen molar-refractivity contribution < 1.29 is 9.18 Å². The molecule has 0 N–H and O–H groups in total. The highest BCUT2D eigenvalue weighted by Gasteiger charge is 2.25. The number of aryl methyl sites for hydroxylation is 1. The smallest absolute Gasteiger partial charge is 0.142 e. The molecule has 0 amide bonds. The predicted molar refractivity (Wildman–Crippen MR) is 82.1 cm³/mol. The van der Waals surface area contributed by atoms with Crippen molar-refractivity contribution in [1.82, 2.24) is 0 Å². The zero-order valence-electron chi connectivity index (χ0n) is 11.6. The molecule has 0 bridgehead atoms. The monoisotopic (exact) mass is 302 g/mol. The first-order valence-electron chi connectivity index (χ1n) is 7.17. The van der Waals surface area contributed by atoms with E-state index in [0.29, 0.717) is 5.56 Å². The van der Waals surface area contributed by atoms with Gasteiger partial charge in [0.2, 0.25) is 0 Å². The van der Waals surface area contributed by atoms with Gasteiger partial charge < -0.3 is 0 Å². The van der Waals surface area contributed by atoms with E-state index in [9.17, 15) is 9.18 Å². The Bertz CT molecular complexity index is 681. The maximum atomic E-state index is 13.4. The lowest BCUT2D eigenvalue weighted by Crippen LogP contribution is -2.24. The van der Waals surface area contributed by atoms with E-state index in [4.69, 9.17) is 11.6 Å². The number of benzene rings is 2. The average Bonchev–Trinajstić information content (AvgIpc) is 2.51. The van der Waals surface area contributed by atoms with Crippen LogP contribution in [0, 0.1) is 11.7 Å². The van der Waals surface area contributed by atoms with Crippen LogP contribution in [0.3, 0.4) is 0 Å². The molecule has 1 atom stereocenters. The van der Waals surface area contributed by atoms with Gasteiger partial charge in [-0.1, -0.05) is 48.0 Å². The number of carbonyl (C=O) groups is 1. The molecule has 3 heteroatoms. The lowest BCUT2D eigenvalue weighted by atomic mass is 9.80. The van der Waals surface area contributed by atoms with Crippen molar-refractivity contribution in [3.63, 3.8) is 0 Å². The Labute approximate surface area is 128 Å². The van der Waals surface area contributed by atoms with Crippen molar-refractivity contribution in [3.05, 3.63) is 70.0 Å². The zero-order chi connectivity index (χ0) is 14.8. The van der Waals surface area contributed by atoms with E-state index < -0.39 is 5.82 Å². The van der Waals surface area contributed by atoms with Gasteiger partial charge in [0.25, 0.3) is 0 Å². The first kappa shape index (κ1) is 14.3. The second kappa shape index (κ2) is 5.98. The number of fused-ring (bicyclic) bond motifs is 1. The van der Waals surface area contributed by atoms with Crippen LogP contribution in [0.15, 0.2) is 42.5 Å². The summed E-state index contributed by atoms with van der Waals surface area (Å²) in [4.78, 5) is 12.5.